The third-order valence-electron chi connectivity index (χ3n) is 3.61. The molecule has 3 heteroatoms. The first-order chi connectivity index (χ1) is 8.58. The van der Waals surface area contributed by atoms with Crippen LogP contribution in [-0.4, -0.2) is 24.2 Å². The van der Waals surface area contributed by atoms with Gasteiger partial charge in [-0.25, -0.2) is 0 Å². The maximum atomic E-state index is 10.6. The molecule has 1 heterocycles. The number of nitrogens with zero attached hydrogens (tertiary/aromatic N) is 1. The van der Waals surface area contributed by atoms with Crippen LogP contribution in [0.15, 0.2) is 12.1 Å². The molecule has 2 rings (SSSR count). The number of hydrogen-bond acceptors (Lipinski definition) is 2. The predicted octanol–water partition coefficient (Wildman–Crippen LogP) is 2.92. The van der Waals surface area contributed by atoms with Gasteiger partial charge in [-0.1, -0.05) is 6.07 Å². The molecule has 1 aromatic carbocycles. The molecule has 0 bridgehead atoms. The monoisotopic (exact) mass is 247 g/mol. The third-order valence-corrected chi connectivity index (χ3v) is 3.61. The molecular weight excluding hydrogens is 226 g/mol. The van der Waals surface area contributed by atoms with Gasteiger partial charge in [0.25, 0.3) is 0 Å². The van der Waals surface area contributed by atoms with E-state index < -0.39 is 5.97 Å². The molecule has 0 aromatic heterocycles. The number of hydrogen-bond donors (Lipinski definition) is 1. The number of aliphatic carboxylic acids is 1. The lowest BCUT2D eigenvalue weighted by Crippen LogP contribution is -2.31. The smallest absolute Gasteiger partial charge is 0.303 e. The van der Waals surface area contributed by atoms with Crippen LogP contribution >= 0.6 is 0 Å². The zero-order valence-corrected chi connectivity index (χ0v) is 11.2. The van der Waals surface area contributed by atoms with Gasteiger partial charge in [0.05, 0.1) is 0 Å². The standard InChI is InChI=1S/C15H21NO2/c1-11-9-12(2)13-5-3-7-16(14(13)10-11)8-4-6-15(17)18/h9-10H,3-8H2,1-2H3,(H,17,18). The van der Waals surface area contributed by atoms with E-state index in [1.54, 1.807) is 0 Å². The van der Waals surface area contributed by atoms with Gasteiger partial charge in [-0.05, 0) is 55.9 Å². The Balaban J connectivity index is 2.14. The van der Waals surface area contributed by atoms with Gasteiger partial charge >= 0.3 is 5.97 Å². The van der Waals surface area contributed by atoms with E-state index in [1.807, 2.05) is 0 Å². The number of rotatable bonds is 4. The summed E-state index contributed by atoms with van der Waals surface area (Å²) in [6, 6.07) is 4.47. The predicted molar refractivity (Wildman–Crippen MR) is 73.3 cm³/mol. The van der Waals surface area contributed by atoms with Crippen molar-refractivity contribution in [1.29, 1.82) is 0 Å². The SMILES string of the molecule is Cc1cc(C)c2c(c1)N(CCCC(=O)O)CCC2. The molecule has 0 saturated carbocycles. The van der Waals surface area contributed by atoms with Gasteiger partial charge in [0.15, 0.2) is 0 Å². The molecule has 0 amide bonds. The molecule has 98 valence electrons. The molecule has 1 N–H and O–H groups in total. The van der Waals surface area contributed by atoms with Gasteiger partial charge in [0, 0.05) is 25.2 Å². The average Bonchev–Trinajstić information content (AvgIpc) is 2.29. The van der Waals surface area contributed by atoms with Crippen LogP contribution in [0.5, 0.6) is 0 Å². The molecule has 1 aromatic rings. The first kappa shape index (κ1) is 12.9. The van der Waals surface area contributed by atoms with Gasteiger partial charge < -0.3 is 10.0 Å². The Labute approximate surface area is 108 Å². The number of benzene rings is 1. The summed E-state index contributed by atoms with van der Waals surface area (Å²) in [7, 11) is 0. The minimum Gasteiger partial charge on any atom is -0.481 e. The number of carboxylic acids is 1. The maximum Gasteiger partial charge on any atom is 0.303 e. The van der Waals surface area contributed by atoms with Crippen molar-refractivity contribution in [2.75, 3.05) is 18.0 Å². The Morgan fingerprint density at radius 3 is 2.89 bits per heavy atom. The van der Waals surface area contributed by atoms with Crippen molar-refractivity contribution in [3.8, 4) is 0 Å². The molecule has 3 nitrogen and oxygen atoms in total. The Morgan fingerprint density at radius 1 is 1.39 bits per heavy atom. The molecule has 0 atom stereocenters. The minimum absolute atomic E-state index is 0.261. The summed E-state index contributed by atoms with van der Waals surface area (Å²) in [5.41, 5.74) is 5.43. The van der Waals surface area contributed by atoms with Crippen molar-refractivity contribution in [3.63, 3.8) is 0 Å². The molecule has 0 fully saturated rings. The van der Waals surface area contributed by atoms with Crippen LogP contribution in [0.1, 0.15) is 36.0 Å². The van der Waals surface area contributed by atoms with Crippen LogP contribution in [0.3, 0.4) is 0 Å². The normalized spacial score (nSPS) is 14.4. The van der Waals surface area contributed by atoms with E-state index in [9.17, 15) is 4.79 Å². The lowest BCUT2D eigenvalue weighted by atomic mass is 9.95. The van der Waals surface area contributed by atoms with E-state index >= 15 is 0 Å². The van der Waals surface area contributed by atoms with Crippen LogP contribution in [0.4, 0.5) is 5.69 Å². The van der Waals surface area contributed by atoms with Crippen molar-refractivity contribution in [2.24, 2.45) is 0 Å². The van der Waals surface area contributed by atoms with Crippen LogP contribution in [0.2, 0.25) is 0 Å². The minimum atomic E-state index is -0.701. The summed E-state index contributed by atoms with van der Waals surface area (Å²) >= 11 is 0. The maximum absolute atomic E-state index is 10.6. The van der Waals surface area contributed by atoms with Crippen LogP contribution in [0.25, 0.3) is 0 Å². The van der Waals surface area contributed by atoms with Gasteiger partial charge in [0.2, 0.25) is 0 Å². The summed E-state index contributed by atoms with van der Waals surface area (Å²) in [6.07, 6.45) is 3.30. The van der Waals surface area contributed by atoms with Gasteiger partial charge in [-0.15, -0.1) is 0 Å². The fourth-order valence-corrected chi connectivity index (χ4v) is 2.80. The van der Waals surface area contributed by atoms with Crippen LogP contribution in [-0.2, 0) is 11.2 Å². The Morgan fingerprint density at radius 2 is 2.17 bits per heavy atom. The molecule has 0 aliphatic carbocycles. The van der Waals surface area contributed by atoms with E-state index in [4.69, 9.17) is 5.11 Å². The molecule has 0 unspecified atom stereocenters. The highest BCUT2D eigenvalue weighted by molar-refractivity contribution is 5.67. The summed E-state index contributed by atoms with van der Waals surface area (Å²) in [5, 5.41) is 8.71. The number of fused-ring (bicyclic) bond motifs is 1. The van der Waals surface area contributed by atoms with E-state index in [-0.39, 0.29) is 6.42 Å². The molecule has 18 heavy (non-hydrogen) atoms. The fraction of sp³-hybridized carbons (Fsp3) is 0.533. The van der Waals surface area contributed by atoms with Crippen LogP contribution < -0.4 is 4.90 Å². The summed E-state index contributed by atoms with van der Waals surface area (Å²) in [4.78, 5) is 12.9. The molecule has 1 aliphatic heterocycles. The van der Waals surface area contributed by atoms with E-state index in [0.29, 0.717) is 0 Å². The molecule has 0 radical (unpaired) electrons. The zero-order valence-electron chi connectivity index (χ0n) is 11.2. The fourth-order valence-electron chi connectivity index (χ4n) is 2.80. The Hall–Kier alpha value is -1.51. The summed E-state index contributed by atoms with van der Waals surface area (Å²) in [5.74, 6) is -0.701. The number of carbonyl (C=O) groups is 1. The quantitative estimate of drug-likeness (QED) is 0.889. The highest BCUT2D eigenvalue weighted by atomic mass is 16.4. The molecule has 1 aliphatic rings. The van der Waals surface area contributed by atoms with E-state index in [1.165, 1.54) is 28.8 Å². The van der Waals surface area contributed by atoms with Crippen molar-refractivity contribution < 1.29 is 9.90 Å². The van der Waals surface area contributed by atoms with E-state index in [0.717, 1.165) is 25.9 Å². The van der Waals surface area contributed by atoms with Gasteiger partial charge in [0.1, 0.15) is 0 Å². The van der Waals surface area contributed by atoms with Gasteiger partial charge in [-0.2, -0.15) is 0 Å². The van der Waals surface area contributed by atoms with E-state index in [2.05, 4.69) is 30.9 Å². The van der Waals surface area contributed by atoms with Crippen molar-refractivity contribution in [3.05, 3.63) is 28.8 Å². The first-order valence-corrected chi connectivity index (χ1v) is 6.65. The second-order valence-electron chi connectivity index (χ2n) is 5.17. The summed E-state index contributed by atoms with van der Waals surface area (Å²) in [6.45, 7) is 6.20. The number of aryl methyl sites for hydroxylation is 2. The van der Waals surface area contributed by atoms with Gasteiger partial charge in [-0.3, -0.25) is 4.79 Å². The van der Waals surface area contributed by atoms with Crippen molar-refractivity contribution in [2.45, 2.75) is 39.5 Å². The van der Waals surface area contributed by atoms with Crippen LogP contribution in [0, 0.1) is 13.8 Å². The lowest BCUT2D eigenvalue weighted by molar-refractivity contribution is -0.137. The number of anilines is 1. The molecule has 0 spiro atoms. The highest BCUT2D eigenvalue weighted by Crippen LogP contribution is 2.31. The van der Waals surface area contributed by atoms with Crippen molar-refractivity contribution >= 4 is 11.7 Å². The Bertz CT molecular complexity index is 454. The lowest BCUT2D eigenvalue weighted by Gasteiger charge is -2.32. The van der Waals surface area contributed by atoms with Crippen molar-refractivity contribution in [1.82, 2.24) is 0 Å². The largest absolute Gasteiger partial charge is 0.481 e. The first-order valence-electron chi connectivity index (χ1n) is 6.65. The number of carboxylic acid groups (broad SMARTS) is 1. The highest BCUT2D eigenvalue weighted by Gasteiger charge is 2.18. The second-order valence-corrected chi connectivity index (χ2v) is 5.17. The third kappa shape index (κ3) is 2.84. The summed E-state index contributed by atoms with van der Waals surface area (Å²) < 4.78 is 0. The second kappa shape index (κ2) is 5.42. The molecular formula is C15H21NO2. The molecule has 0 saturated heterocycles. The average molecular weight is 247 g/mol. The zero-order chi connectivity index (χ0) is 13.1. The Kier molecular flexibility index (Phi) is 3.90. The topological polar surface area (TPSA) is 40.5 Å².